The number of ether oxygens (including phenoxy) is 1. The van der Waals surface area contributed by atoms with Gasteiger partial charge in [0.15, 0.2) is 0 Å². The third-order valence-electron chi connectivity index (χ3n) is 1.07. The van der Waals surface area contributed by atoms with Gasteiger partial charge in [0.1, 0.15) is 6.73 Å². The Kier molecular flexibility index (Phi) is 1.86. The molecular weight excluding hydrogens is 106 g/mol. The van der Waals surface area contributed by atoms with E-state index in [0.29, 0.717) is 13.2 Å². The maximum atomic E-state index is 10.4. The Morgan fingerprint density at radius 1 is 1.62 bits per heavy atom. The standard InChI is InChI=1S/C5H9NO2/c7-5-2-1-3-6-4-8-5/h6H,1-4H2. The molecular formula is C5H9NO2. The summed E-state index contributed by atoms with van der Waals surface area (Å²) in [5.74, 6) is -0.0880. The zero-order valence-corrected chi connectivity index (χ0v) is 4.64. The van der Waals surface area contributed by atoms with Crippen molar-refractivity contribution in [3.63, 3.8) is 0 Å². The van der Waals surface area contributed by atoms with Gasteiger partial charge in [-0.2, -0.15) is 0 Å². The van der Waals surface area contributed by atoms with Crippen molar-refractivity contribution in [1.29, 1.82) is 0 Å². The van der Waals surface area contributed by atoms with Crippen molar-refractivity contribution in [3.8, 4) is 0 Å². The Morgan fingerprint density at radius 2 is 2.50 bits per heavy atom. The van der Waals surface area contributed by atoms with E-state index in [-0.39, 0.29) is 5.97 Å². The molecule has 1 aliphatic rings. The van der Waals surface area contributed by atoms with Gasteiger partial charge in [-0.3, -0.25) is 10.1 Å². The van der Waals surface area contributed by atoms with E-state index in [2.05, 4.69) is 10.1 Å². The first-order valence-corrected chi connectivity index (χ1v) is 2.76. The summed E-state index contributed by atoms with van der Waals surface area (Å²) in [5, 5.41) is 2.93. The molecule has 1 N–H and O–H groups in total. The topological polar surface area (TPSA) is 38.3 Å². The molecule has 0 atom stereocenters. The summed E-state index contributed by atoms with van der Waals surface area (Å²) < 4.78 is 4.65. The van der Waals surface area contributed by atoms with Crippen molar-refractivity contribution >= 4 is 5.97 Å². The fourth-order valence-electron chi connectivity index (χ4n) is 0.634. The molecule has 8 heavy (non-hydrogen) atoms. The number of esters is 1. The SMILES string of the molecule is O=C1CCCNCO1. The third kappa shape index (κ3) is 1.50. The lowest BCUT2D eigenvalue weighted by Crippen LogP contribution is -2.16. The zero-order valence-electron chi connectivity index (χ0n) is 4.64. The lowest BCUT2D eigenvalue weighted by atomic mass is 10.3. The molecule has 0 amide bonds. The predicted octanol–water partition coefficient (Wildman–Crippen LogP) is -0.130. The maximum absolute atomic E-state index is 10.4. The van der Waals surface area contributed by atoms with Crippen molar-refractivity contribution in [2.45, 2.75) is 12.8 Å². The summed E-state index contributed by atoms with van der Waals surface area (Å²) in [4.78, 5) is 10.4. The molecule has 0 spiro atoms. The molecule has 1 saturated heterocycles. The van der Waals surface area contributed by atoms with Crippen LogP contribution < -0.4 is 5.32 Å². The van der Waals surface area contributed by atoms with Gasteiger partial charge in [0, 0.05) is 6.42 Å². The summed E-state index contributed by atoms with van der Waals surface area (Å²) in [5.41, 5.74) is 0. The minimum atomic E-state index is -0.0880. The van der Waals surface area contributed by atoms with Gasteiger partial charge < -0.3 is 4.74 Å². The highest BCUT2D eigenvalue weighted by molar-refractivity contribution is 5.69. The zero-order chi connectivity index (χ0) is 5.82. The van der Waals surface area contributed by atoms with Crippen LogP contribution in [0.3, 0.4) is 0 Å². The first kappa shape index (κ1) is 5.56. The van der Waals surface area contributed by atoms with Crippen LogP contribution in [0.1, 0.15) is 12.8 Å². The highest BCUT2D eigenvalue weighted by Crippen LogP contribution is 1.93. The van der Waals surface area contributed by atoms with Crippen molar-refractivity contribution in [3.05, 3.63) is 0 Å². The van der Waals surface area contributed by atoms with Gasteiger partial charge in [0.25, 0.3) is 0 Å². The highest BCUT2D eigenvalue weighted by atomic mass is 16.5. The van der Waals surface area contributed by atoms with E-state index in [0.717, 1.165) is 13.0 Å². The fourth-order valence-corrected chi connectivity index (χ4v) is 0.634. The van der Waals surface area contributed by atoms with Crippen LogP contribution in [-0.4, -0.2) is 19.2 Å². The van der Waals surface area contributed by atoms with Crippen LogP contribution in [0, 0.1) is 0 Å². The van der Waals surface area contributed by atoms with Gasteiger partial charge in [-0.1, -0.05) is 0 Å². The molecule has 1 rings (SSSR count). The molecule has 0 unspecified atom stereocenters. The van der Waals surface area contributed by atoms with Crippen LogP contribution in [-0.2, 0) is 9.53 Å². The van der Waals surface area contributed by atoms with Crippen LogP contribution in [0.25, 0.3) is 0 Å². The average molecular weight is 115 g/mol. The van der Waals surface area contributed by atoms with Crippen molar-refractivity contribution < 1.29 is 9.53 Å². The quantitative estimate of drug-likeness (QED) is 0.447. The monoisotopic (exact) mass is 115 g/mol. The van der Waals surface area contributed by atoms with Gasteiger partial charge in [-0.05, 0) is 13.0 Å². The second-order valence-corrected chi connectivity index (χ2v) is 1.76. The lowest BCUT2D eigenvalue weighted by molar-refractivity contribution is -0.143. The molecule has 0 aromatic heterocycles. The van der Waals surface area contributed by atoms with E-state index >= 15 is 0 Å². The number of nitrogens with one attached hydrogen (secondary N) is 1. The second kappa shape index (κ2) is 2.67. The molecule has 0 saturated carbocycles. The van der Waals surface area contributed by atoms with Crippen molar-refractivity contribution in [2.75, 3.05) is 13.3 Å². The van der Waals surface area contributed by atoms with Gasteiger partial charge >= 0.3 is 5.97 Å². The molecule has 0 aromatic carbocycles. The molecule has 0 radical (unpaired) electrons. The Morgan fingerprint density at radius 3 is 3.38 bits per heavy atom. The molecule has 3 heteroatoms. The molecule has 1 heterocycles. The minimum absolute atomic E-state index is 0.0880. The van der Waals surface area contributed by atoms with E-state index in [1.54, 1.807) is 0 Å². The van der Waals surface area contributed by atoms with E-state index in [4.69, 9.17) is 0 Å². The Balaban J connectivity index is 2.27. The Hall–Kier alpha value is -0.570. The average Bonchev–Trinajstić information content (AvgIpc) is 1.94. The lowest BCUT2D eigenvalue weighted by Gasteiger charge is -1.95. The summed E-state index contributed by atoms with van der Waals surface area (Å²) in [6, 6.07) is 0. The van der Waals surface area contributed by atoms with Crippen LogP contribution in [0.4, 0.5) is 0 Å². The molecule has 0 aliphatic carbocycles. The first-order chi connectivity index (χ1) is 3.89. The van der Waals surface area contributed by atoms with Gasteiger partial charge in [-0.25, -0.2) is 0 Å². The number of carbonyl (C=O) groups excluding carboxylic acids is 1. The van der Waals surface area contributed by atoms with Crippen LogP contribution in [0.15, 0.2) is 0 Å². The first-order valence-electron chi connectivity index (χ1n) is 2.76. The van der Waals surface area contributed by atoms with Gasteiger partial charge in [0.05, 0.1) is 0 Å². The van der Waals surface area contributed by atoms with E-state index in [1.807, 2.05) is 0 Å². The third-order valence-corrected chi connectivity index (χ3v) is 1.07. The smallest absolute Gasteiger partial charge is 0.307 e. The van der Waals surface area contributed by atoms with E-state index in [1.165, 1.54) is 0 Å². The second-order valence-electron chi connectivity index (χ2n) is 1.76. The van der Waals surface area contributed by atoms with E-state index in [9.17, 15) is 4.79 Å². The van der Waals surface area contributed by atoms with Gasteiger partial charge in [-0.15, -0.1) is 0 Å². The largest absolute Gasteiger partial charge is 0.450 e. The summed E-state index contributed by atoms with van der Waals surface area (Å²) in [7, 11) is 0. The number of cyclic esters (lactones) is 1. The van der Waals surface area contributed by atoms with E-state index < -0.39 is 0 Å². The van der Waals surface area contributed by atoms with Crippen LogP contribution in [0.5, 0.6) is 0 Å². The summed E-state index contributed by atoms with van der Waals surface area (Å²) in [6.45, 7) is 1.28. The molecule has 46 valence electrons. The highest BCUT2D eigenvalue weighted by Gasteiger charge is 2.04. The van der Waals surface area contributed by atoms with Crippen LogP contribution in [0.2, 0.25) is 0 Å². The van der Waals surface area contributed by atoms with Crippen LogP contribution >= 0.6 is 0 Å². The molecule has 0 bridgehead atoms. The predicted molar refractivity (Wildman–Crippen MR) is 28.2 cm³/mol. The minimum Gasteiger partial charge on any atom is -0.450 e. The number of hydrogen-bond donors (Lipinski definition) is 1. The number of hydrogen-bond acceptors (Lipinski definition) is 3. The van der Waals surface area contributed by atoms with Crippen molar-refractivity contribution in [2.24, 2.45) is 0 Å². The van der Waals surface area contributed by atoms with Gasteiger partial charge in [0.2, 0.25) is 0 Å². The summed E-state index contributed by atoms with van der Waals surface area (Å²) in [6.07, 6.45) is 1.46. The Bertz CT molecular complexity index is 82.4. The number of carbonyl (C=O) groups is 1. The maximum Gasteiger partial charge on any atom is 0.307 e. The molecule has 1 fully saturated rings. The fraction of sp³-hybridized carbons (Fsp3) is 0.800. The Labute approximate surface area is 48.0 Å². The number of rotatable bonds is 0. The molecule has 1 aliphatic heterocycles. The normalized spacial score (nSPS) is 21.8. The van der Waals surface area contributed by atoms with Crippen molar-refractivity contribution in [1.82, 2.24) is 5.32 Å². The molecule has 0 aromatic rings. The molecule has 3 nitrogen and oxygen atoms in total. The summed E-state index contributed by atoms with van der Waals surface area (Å²) >= 11 is 0.